The Kier molecular flexibility index (Phi) is 3.87. The fourth-order valence-electron chi connectivity index (χ4n) is 6.86. The third kappa shape index (κ3) is 2.33. The average Bonchev–Trinajstić information content (AvgIpc) is 2.87. The molecule has 3 nitrogen and oxygen atoms in total. The average molecular weight is 340 g/mol. The number of carbonyl (C=O) groups is 2. The molecule has 6 atom stereocenters. The van der Waals surface area contributed by atoms with E-state index in [1.165, 1.54) is 12.5 Å². The predicted molar refractivity (Wildman–Crippen MR) is 95.4 cm³/mol. The van der Waals surface area contributed by atoms with E-state index < -0.39 is 5.60 Å². The number of rotatable bonds is 1. The van der Waals surface area contributed by atoms with Crippen molar-refractivity contribution in [2.75, 3.05) is 0 Å². The van der Waals surface area contributed by atoms with Crippen LogP contribution >= 0.6 is 0 Å². The molecule has 0 radical (unpaired) electrons. The third-order valence-corrected chi connectivity index (χ3v) is 7.97. The van der Waals surface area contributed by atoms with Crippen molar-refractivity contribution in [3.05, 3.63) is 11.6 Å². The number of ketones is 1. The van der Waals surface area contributed by atoms with Gasteiger partial charge in [0.05, 0.1) is 0 Å². The minimum Gasteiger partial charge on any atom is -0.445 e. The first kappa shape index (κ1) is 16.9. The van der Waals surface area contributed by atoms with Gasteiger partial charge in [0.2, 0.25) is 0 Å². The fraction of sp³-hybridized carbons (Fsp3) is 0.727. The van der Waals surface area contributed by atoms with Gasteiger partial charge in [0, 0.05) is 18.8 Å². The van der Waals surface area contributed by atoms with Crippen LogP contribution in [0, 0.1) is 41.4 Å². The number of allylic oxidation sites excluding steroid dienone is 1. The Morgan fingerprint density at radius 2 is 2.00 bits per heavy atom. The normalized spacial score (nSPS) is 45.5. The van der Waals surface area contributed by atoms with E-state index in [0.29, 0.717) is 35.9 Å². The maximum atomic E-state index is 11.8. The highest BCUT2D eigenvalue weighted by atomic mass is 16.6. The van der Waals surface area contributed by atoms with Crippen molar-refractivity contribution in [3.63, 3.8) is 0 Å². The van der Waals surface area contributed by atoms with Crippen molar-refractivity contribution in [2.24, 2.45) is 29.1 Å². The van der Waals surface area contributed by atoms with Gasteiger partial charge < -0.3 is 4.74 Å². The number of fused-ring (bicyclic) bond motifs is 5. The van der Waals surface area contributed by atoms with Crippen LogP contribution in [0.5, 0.6) is 0 Å². The van der Waals surface area contributed by atoms with E-state index in [-0.39, 0.29) is 11.4 Å². The lowest BCUT2D eigenvalue weighted by atomic mass is 9.50. The number of hydrogen-bond donors (Lipinski definition) is 0. The van der Waals surface area contributed by atoms with E-state index in [0.717, 1.165) is 44.9 Å². The molecule has 0 aromatic carbocycles. The Morgan fingerprint density at radius 3 is 2.72 bits per heavy atom. The van der Waals surface area contributed by atoms with E-state index >= 15 is 0 Å². The van der Waals surface area contributed by atoms with E-state index in [1.807, 2.05) is 6.08 Å². The van der Waals surface area contributed by atoms with Gasteiger partial charge >= 0.3 is 5.97 Å². The quantitative estimate of drug-likeness (QED) is 0.534. The summed E-state index contributed by atoms with van der Waals surface area (Å²) in [6, 6.07) is 0. The summed E-state index contributed by atoms with van der Waals surface area (Å²) in [4.78, 5) is 23.5. The highest BCUT2D eigenvalue weighted by molar-refractivity contribution is 5.91. The molecule has 3 saturated carbocycles. The highest BCUT2D eigenvalue weighted by Crippen LogP contribution is 2.65. The lowest BCUT2D eigenvalue weighted by molar-refractivity contribution is -0.167. The van der Waals surface area contributed by atoms with Crippen LogP contribution < -0.4 is 0 Å². The number of carbonyl (C=O) groups excluding carboxylic acids is 2. The lowest BCUT2D eigenvalue weighted by Gasteiger charge is -2.55. The largest absolute Gasteiger partial charge is 0.445 e. The van der Waals surface area contributed by atoms with Gasteiger partial charge in [-0.3, -0.25) is 9.59 Å². The molecular weight excluding hydrogens is 312 g/mol. The van der Waals surface area contributed by atoms with Gasteiger partial charge in [-0.2, -0.15) is 0 Å². The Bertz CT molecular complexity index is 684. The van der Waals surface area contributed by atoms with Crippen molar-refractivity contribution in [1.82, 2.24) is 0 Å². The molecule has 0 amide bonds. The molecule has 0 aliphatic heterocycles. The number of hydrogen-bond acceptors (Lipinski definition) is 3. The van der Waals surface area contributed by atoms with E-state index in [4.69, 9.17) is 11.2 Å². The van der Waals surface area contributed by atoms with Crippen LogP contribution in [-0.4, -0.2) is 17.4 Å². The number of esters is 1. The molecule has 0 saturated heterocycles. The third-order valence-electron chi connectivity index (χ3n) is 7.97. The zero-order valence-corrected chi connectivity index (χ0v) is 15.3. The first-order chi connectivity index (χ1) is 11.9. The lowest BCUT2D eigenvalue weighted by Crippen LogP contribution is -2.53. The number of terminal acetylenes is 1. The monoisotopic (exact) mass is 340 g/mol. The number of ether oxygens (including phenoxy) is 1. The van der Waals surface area contributed by atoms with Gasteiger partial charge in [0.25, 0.3) is 0 Å². The van der Waals surface area contributed by atoms with Crippen LogP contribution in [0.3, 0.4) is 0 Å². The highest BCUT2D eigenvalue weighted by Gasteiger charge is 2.64. The molecule has 4 rings (SSSR count). The minimum atomic E-state index is -0.729. The maximum Gasteiger partial charge on any atom is 0.304 e. The standard InChI is InChI=1S/C22H28O3/c1-4-22(25-14(2)23)12-10-20-19-7-5-15-13-16(24)6-8-17(15)18(19)9-11-21(20,22)3/h1,13,17-20H,5-12H2,2-3H3/t17-,18?,19+,20?,21-,22-/m0/s1. The van der Waals surface area contributed by atoms with Crippen LogP contribution in [0.1, 0.15) is 65.2 Å². The second-order valence-corrected chi connectivity index (χ2v) is 8.86. The zero-order valence-electron chi connectivity index (χ0n) is 15.3. The molecule has 0 N–H and O–H groups in total. The van der Waals surface area contributed by atoms with Crippen molar-refractivity contribution in [1.29, 1.82) is 0 Å². The molecule has 0 bridgehead atoms. The Labute approximate surface area is 150 Å². The van der Waals surface area contributed by atoms with Crippen LogP contribution in [0.2, 0.25) is 0 Å². The van der Waals surface area contributed by atoms with Crippen LogP contribution in [0.25, 0.3) is 0 Å². The topological polar surface area (TPSA) is 43.4 Å². The molecule has 0 aromatic rings. The predicted octanol–water partition coefficient (Wildman–Crippen LogP) is 4.06. The van der Waals surface area contributed by atoms with Crippen molar-refractivity contribution in [2.45, 2.75) is 70.8 Å². The maximum absolute atomic E-state index is 11.8. The SMILES string of the molecule is C#C[C@]1(OC(C)=O)CCC2[C@@H]3CCC4=CC(=O)CC[C@@H]4C3CC[C@@]21C. The summed E-state index contributed by atoms with van der Waals surface area (Å²) < 4.78 is 5.79. The smallest absolute Gasteiger partial charge is 0.304 e. The summed E-state index contributed by atoms with van der Waals surface area (Å²) in [5, 5.41) is 0. The molecular formula is C22H28O3. The van der Waals surface area contributed by atoms with Crippen LogP contribution in [0.4, 0.5) is 0 Å². The summed E-state index contributed by atoms with van der Waals surface area (Å²) >= 11 is 0. The van der Waals surface area contributed by atoms with Gasteiger partial charge in [0.1, 0.15) is 0 Å². The Hall–Kier alpha value is -1.56. The molecule has 3 heteroatoms. The Balaban J connectivity index is 1.64. The van der Waals surface area contributed by atoms with E-state index in [1.54, 1.807) is 0 Å². The van der Waals surface area contributed by atoms with Gasteiger partial charge in [-0.1, -0.05) is 18.4 Å². The molecule has 3 fully saturated rings. The van der Waals surface area contributed by atoms with E-state index in [9.17, 15) is 9.59 Å². The molecule has 4 aliphatic carbocycles. The van der Waals surface area contributed by atoms with Crippen LogP contribution in [-0.2, 0) is 14.3 Å². The molecule has 4 aliphatic rings. The van der Waals surface area contributed by atoms with Crippen molar-refractivity contribution < 1.29 is 14.3 Å². The summed E-state index contributed by atoms with van der Waals surface area (Å²) in [6.45, 7) is 3.73. The molecule has 0 heterocycles. The second kappa shape index (κ2) is 5.73. The van der Waals surface area contributed by atoms with Gasteiger partial charge in [0.15, 0.2) is 11.4 Å². The van der Waals surface area contributed by atoms with Gasteiger partial charge in [-0.15, -0.1) is 6.42 Å². The van der Waals surface area contributed by atoms with Gasteiger partial charge in [-0.05, 0) is 74.7 Å². The zero-order chi connectivity index (χ0) is 17.8. The fourth-order valence-corrected chi connectivity index (χ4v) is 6.86. The summed E-state index contributed by atoms with van der Waals surface area (Å²) in [7, 11) is 0. The van der Waals surface area contributed by atoms with Gasteiger partial charge in [-0.25, -0.2) is 0 Å². The molecule has 0 aromatic heterocycles. The Morgan fingerprint density at radius 1 is 1.20 bits per heavy atom. The van der Waals surface area contributed by atoms with E-state index in [2.05, 4.69) is 12.8 Å². The summed E-state index contributed by atoms with van der Waals surface area (Å²) in [5.74, 6) is 5.41. The molecule has 2 unspecified atom stereocenters. The van der Waals surface area contributed by atoms with Crippen molar-refractivity contribution in [3.8, 4) is 12.3 Å². The van der Waals surface area contributed by atoms with Crippen LogP contribution in [0.15, 0.2) is 11.6 Å². The molecule has 25 heavy (non-hydrogen) atoms. The molecule has 0 spiro atoms. The minimum absolute atomic E-state index is 0.111. The summed E-state index contributed by atoms with van der Waals surface area (Å²) in [5.41, 5.74) is 0.565. The summed E-state index contributed by atoms with van der Waals surface area (Å²) in [6.07, 6.45) is 15.8. The molecule has 134 valence electrons. The van der Waals surface area contributed by atoms with Crippen molar-refractivity contribution >= 4 is 11.8 Å². The first-order valence-corrected chi connectivity index (χ1v) is 9.81. The first-order valence-electron chi connectivity index (χ1n) is 9.81. The second-order valence-electron chi connectivity index (χ2n) is 8.86.